The van der Waals surface area contributed by atoms with Gasteiger partial charge in [-0.25, -0.2) is 14.2 Å². The number of nitrogens with one attached hydrogen (secondary N) is 1. The monoisotopic (exact) mass is 538 g/mol. The van der Waals surface area contributed by atoms with Gasteiger partial charge in [0.15, 0.2) is 6.61 Å². The quantitative estimate of drug-likeness (QED) is 0.378. The third-order valence-electron chi connectivity index (χ3n) is 6.79. The van der Waals surface area contributed by atoms with Gasteiger partial charge in [-0.1, -0.05) is 0 Å². The molecule has 206 valence electrons. The molecule has 4 heterocycles. The lowest BCUT2D eigenvalue weighted by atomic mass is 10.1. The zero-order valence-corrected chi connectivity index (χ0v) is 21.7. The van der Waals surface area contributed by atoms with E-state index in [0.717, 1.165) is 12.8 Å². The van der Waals surface area contributed by atoms with E-state index in [1.54, 1.807) is 35.2 Å². The van der Waals surface area contributed by atoms with Gasteiger partial charge in [0.05, 0.1) is 31.1 Å². The van der Waals surface area contributed by atoms with Crippen molar-refractivity contribution in [3.8, 4) is 11.6 Å². The summed E-state index contributed by atoms with van der Waals surface area (Å²) in [7, 11) is 1.52. The van der Waals surface area contributed by atoms with Gasteiger partial charge in [-0.15, -0.1) is 0 Å². The van der Waals surface area contributed by atoms with Crippen LogP contribution in [0.1, 0.15) is 24.8 Å². The van der Waals surface area contributed by atoms with E-state index in [1.165, 1.54) is 13.3 Å². The van der Waals surface area contributed by atoms with Gasteiger partial charge in [0.2, 0.25) is 5.88 Å². The minimum Gasteiger partial charge on any atom is -0.482 e. The van der Waals surface area contributed by atoms with E-state index >= 15 is 0 Å². The van der Waals surface area contributed by atoms with Crippen molar-refractivity contribution in [2.24, 2.45) is 5.73 Å². The molecule has 0 spiro atoms. The van der Waals surface area contributed by atoms with E-state index in [4.69, 9.17) is 19.9 Å². The van der Waals surface area contributed by atoms with Gasteiger partial charge in [0, 0.05) is 23.9 Å². The first-order valence-corrected chi connectivity index (χ1v) is 12.9. The second-order valence-electron chi connectivity index (χ2n) is 9.50. The summed E-state index contributed by atoms with van der Waals surface area (Å²) in [6.07, 6.45) is 2.61. The molecule has 2 aliphatic rings. The van der Waals surface area contributed by atoms with Crippen LogP contribution in [0.3, 0.4) is 0 Å². The highest BCUT2D eigenvalue weighted by Crippen LogP contribution is 2.34. The second-order valence-corrected chi connectivity index (χ2v) is 9.50. The van der Waals surface area contributed by atoms with Crippen molar-refractivity contribution in [3.05, 3.63) is 47.9 Å². The average molecular weight is 539 g/mol. The first-order chi connectivity index (χ1) is 18.9. The van der Waals surface area contributed by atoms with Gasteiger partial charge in [-0.05, 0) is 63.2 Å². The predicted octanol–water partition coefficient (Wildman–Crippen LogP) is 3.06. The summed E-state index contributed by atoms with van der Waals surface area (Å²) in [5.41, 5.74) is 8.43. The number of rotatable bonds is 11. The van der Waals surface area contributed by atoms with Crippen molar-refractivity contribution in [2.45, 2.75) is 31.9 Å². The van der Waals surface area contributed by atoms with Gasteiger partial charge in [-0.2, -0.15) is 0 Å². The first-order valence-electron chi connectivity index (χ1n) is 12.9. The number of hydrogen-bond acceptors (Lipinski definition) is 9. The lowest BCUT2D eigenvalue weighted by Crippen LogP contribution is -2.29. The molecular weight excluding hydrogens is 507 g/mol. The summed E-state index contributed by atoms with van der Waals surface area (Å²) in [6.45, 7) is 2.56. The maximum absolute atomic E-state index is 14.9. The lowest BCUT2D eigenvalue weighted by molar-refractivity contribution is -0.118. The number of halogens is 1. The number of amides is 2. The molecular formula is C27H31FN6O5. The molecule has 3 N–H and O–H groups in total. The number of benzene rings is 1. The van der Waals surface area contributed by atoms with Crippen LogP contribution in [0.15, 0.2) is 36.5 Å². The third-order valence-corrected chi connectivity index (χ3v) is 6.79. The fourth-order valence-electron chi connectivity index (χ4n) is 4.81. The van der Waals surface area contributed by atoms with E-state index in [1.807, 2.05) is 0 Å². The van der Waals surface area contributed by atoms with Crippen molar-refractivity contribution in [1.82, 2.24) is 14.9 Å². The van der Waals surface area contributed by atoms with Crippen molar-refractivity contribution in [1.29, 1.82) is 0 Å². The number of cyclic esters (lactones) is 1. The van der Waals surface area contributed by atoms with Gasteiger partial charge < -0.3 is 25.3 Å². The summed E-state index contributed by atoms with van der Waals surface area (Å²) in [5, 5.41) is 2.76. The fourth-order valence-corrected chi connectivity index (χ4v) is 4.81. The van der Waals surface area contributed by atoms with Crippen LogP contribution < -0.4 is 25.4 Å². The van der Waals surface area contributed by atoms with Crippen molar-refractivity contribution < 1.29 is 28.2 Å². The second kappa shape index (κ2) is 11.8. The fraction of sp³-hybridized carbons (Fsp3) is 0.407. The minimum absolute atomic E-state index is 0.0305. The molecule has 1 aromatic carbocycles. The van der Waals surface area contributed by atoms with Crippen molar-refractivity contribution in [3.63, 3.8) is 0 Å². The Hall–Kier alpha value is -4.03. The zero-order valence-electron chi connectivity index (χ0n) is 21.7. The Morgan fingerprint density at radius 1 is 1.23 bits per heavy atom. The molecule has 5 rings (SSSR count). The minimum atomic E-state index is -0.437. The molecule has 0 bridgehead atoms. The number of carbonyl (C=O) groups excluding carboxylic acids is 2. The van der Waals surface area contributed by atoms with Crippen LogP contribution >= 0.6 is 0 Å². The number of ether oxygens (including phenoxy) is 3. The lowest BCUT2D eigenvalue weighted by Gasteiger charge is -2.23. The Balaban J connectivity index is 1.22. The topological polar surface area (TPSA) is 132 Å². The molecule has 3 aromatic rings. The summed E-state index contributed by atoms with van der Waals surface area (Å²) in [5.74, 6) is 0.293. The molecule has 1 atom stereocenters. The number of carbonyl (C=O) groups is 2. The van der Waals surface area contributed by atoms with Gasteiger partial charge in [-0.3, -0.25) is 19.6 Å². The highest BCUT2D eigenvalue weighted by molar-refractivity contribution is 5.97. The summed E-state index contributed by atoms with van der Waals surface area (Å²) in [6, 6.07) is 8.67. The molecule has 2 aliphatic heterocycles. The van der Waals surface area contributed by atoms with E-state index in [0.29, 0.717) is 78.7 Å². The Bertz CT molecular complexity index is 1370. The van der Waals surface area contributed by atoms with Gasteiger partial charge >= 0.3 is 6.09 Å². The molecule has 2 amide bonds. The van der Waals surface area contributed by atoms with Crippen LogP contribution in [0, 0.1) is 5.82 Å². The molecule has 2 aromatic heterocycles. The number of nitrogens with two attached hydrogens (primary N) is 1. The number of methoxy groups -OCH3 is 1. The number of anilines is 2. The average Bonchev–Trinajstić information content (AvgIpc) is 3.32. The number of pyridine rings is 2. The molecule has 0 unspecified atom stereocenters. The van der Waals surface area contributed by atoms with Crippen LogP contribution in [0.25, 0.3) is 11.0 Å². The predicted molar refractivity (Wildman–Crippen MR) is 142 cm³/mol. The number of aromatic nitrogens is 2. The number of nitrogens with zero attached hydrogens (tertiary/aromatic N) is 4. The molecule has 1 fully saturated rings. The molecule has 12 heteroatoms. The Morgan fingerprint density at radius 3 is 2.90 bits per heavy atom. The molecule has 0 aliphatic carbocycles. The van der Waals surface area contributed by atoms with Crippen LogP contribution in [0.2, 0.25) is 0 Å². The van der Waals surface area contributed by atoms with Crippen LogP contribution in [0.4, 0.5) is 20.6 Å². The molecule has 11 nitrogen and oxygen atoms in total. The van der Waals surface area contributed by atoms with Gasteiger partial charge in [0.25, 0.3) is 5.91 Å². The maximum Gasteiger partial charge on any atom is 0.414 e. The molecule has 0 radical (unpaired) electrons. The van der Waals surface area contributed by atoms with E-state index in [-0.39, 0.29) is 18.6 Å². The summed E-state index contributed by atoms with van der Waals surface area (Å²) >= 11 is 0. The van der Waals surface area contributed by atoms with Crippen LogP contribution in [-0.2, 0) is 16.1 Å². The highest BCUT2D eigenvalue weighted by Gasteiger charge is 2.33. The first kappa shape index (κ1) is 26.6. The van der Waals surface area contributed by atoms with Gasteiger partial charge in [0.1, 0.15) is 23.2 Å². The van der Waals surface area contributed by atoms with Crippen molar-refractivity contribution in [2.75, 3.05) is 50.1 Å². The summed E-state index contributed by atoms with van der Waals surface area (Å²) in [4.78, 5) is 36.5. The number of fused-ring (bicyclic) bond motifs is 2. The highest BCUT2D eigenvalue weighted by atomic mass is 19.1. The summed E-state index contributed by atoms with van der Waals surface area (Å²) < 4.78 is 31.1. The van der Waals surface area contributed by atoms with Crippen molar-refractivity contribution >= 4 is 34.4 Å². The third kappa shape index (κ3) is 6.02. The molecule has 1 saturated heterocycles. The normalized spacial score (nSPS) is 16.7. The van der Waals surface area contributed by atoms with E-state index in [9.17, 15) is 14.0 Å². The standard InChI is InChI=1S/C27H31FN6O5/c1-37-25-8-6-21-26(32-25)19(20(28)13-30-21)15-33(11-3-9-29)10-2-4-18-14-34(27(36)39-18)17-5-7-23-22(12-17)31-24(35)16-38-23/h5-8,12-13,18H,2-4,9-11,14-16,29H2,1H3,(H,31,35)/t18-/m1/s1. The van der Waals surface area contributed by atoms with E-state index < -0.39 is 11.9 Å². The zero-order chi connectivity index (χ0) is 27.4. The maximum atomic E-state index is 14.9. The molecule has 39 heavy (non-hydrogen) atoms. The Kier molecular flexibility index (Phi) is 8.03. The number of hydrogen-bond donors (Lipinski definition) is 2. The SMILES string of the molecule is COc1ccc2ncc(F)c(CN(CCCN)CCC[C@@H]3CN(c4ccc5c(c4)NC(=O)CO5)C(=O)O3)c2n1. The van der Waals surface area contributed by atoms with Crippen LogP contribution in [-0.4, -0.2) is 72.9 Å². The van der Waals surface area contributed by atoms with Crippen LogP contribution in [0.5, 0.6) is 11.6 Å². The largest absolute Gasteiger partial charge is 0.482 e. The smallest absolute Gasteiger partial charge is 0.414 e. The van der Waals surface area contributed by atoms with E-state index in [2.05, 4.69) is 20.2 Å². The Labute approximate surface area is 225 Å². The molecule has 0 saturated carbocycles. The Morgan fingerprint density at radius 2 is 2.08 bits per heavy atom.